The number of nitrogens with zero attached hydrogens (tertiary/aromatic N) is 1. The lowest BCUT2D eigenvalue weighted by molar-refractivity contribution is 0.669. The van der Waals surface area contributed by atoms with Crippen LogP contribution in [0.15, 0.2) is 120 Å². The molecule has 0 saturated heterocycles. The van der Waals surface area contributed by atoms with Crippen molar-refractivity contribution in [3.05, 3.63) is 115 Å². The first-order valence-corrected chi connectivity index (χ1v) is 13.3. The lowest BCUT2D eigenvalue weighted by atomic mass is 10.1. The minimum absolute atomic E-state index is 0.918. The molecule has 9 rings (SSSR count). The van der Waals surface area contributed by atoms with Crippen LogP contribution in [-0.4, -0.2) is 4.57 Å². The van der Waals surface area contributed by atoms with Gasteiger partial charge in [0.2, 0.25) is 0 Å². The van der Waals surface area contributed by atoms with Crippen molar-refractivity contribution in [3.8, 4) is 5.69 Å². The van der Waals surface area contributed by atoms with E-state index in [1.807, 2.05) is 11.3 Å². The third kappa shape index (κ3) is 2.64. The van der Waals surface area contributed by atoms with Gasteiger partial charge in [0.05, 0.1) is 11.0 Å². The highest BCUT2D eigenvalue weighted by Crippen LogP contribution is 2.41. The van der Waals surface area contributed by atoms with Crippen LogP contribution >= 0.6 is 11.3 Å². The van der Waals surface area contributed by atoms with Crippen LogP contribution in [-0.2, 0) is 0 Å². The first-order chi connectivity index (χ1) is 18.3. The molecule has 0 fully saturated rings. The zero-order valence-corrected chi connectivity index (χ0v) is 20.5. The Hall–Kier alpha value is -4.60. The molecule has 0 amide bonds. The fraction of sp³-hybridized carbons (Fsp3) is 0. The van der Waals surface area contributed by atoms with E-state index in [1.54, 1.807) is 0 Å². The van der Waals surface area contributed by atoms with Crippen LogP contribution in [0, 0.1) is 0 Å². The van der Waals surface area contributed by atoms with E-state index >= 15 is 0 Å². The Morgan fingerprint density at radius 2 is 1.22 bits per heavy atom. The van der Waals surface area contributed by atoms with Crippen molar-refractivity contribution in [1.82, 2.24) is 4.57 Å². The molecule has 0 N–H and O–H groups in total. The predicted octanol–water partition coefficient (Wildman–Crippen LogP) is 10.2. The molecule has 0 aliphatic heterocycles. The lowest BCUT2D eigenvalue weighted by Gasteiger charge is -2.08. The number of para-hydroxylation sites is 1. The summed E-state index contributed by atoms with van der Waals surface area (Å²) in [5.74, 6) is 0. The monoisotopic (exact) mass is 489 g/mol. The number of hydrogen-bond acceptors (Lipinski definition) is 2. The van der Waals surface area contributed by atoms with Gasteiger partial charge in [0, 0.05) is 47.4 Å². The summed E-state index contributed by atoms with van der Waals surface area (Å²) >= 11 is 1.87. The van der Waals surface area contributed by atoms with Gasteiger partial charge in [0.15, 0.2) is 0 Å². The lowest BCUT2D eigenvalue weighted by Crippen LogP contribution is -1.93. The maximum Gasteiger partial charge on any atom is 0.136 e. The van der Waals surface area contributed by atoms with Gasteiger partial charge in [-0.25, -0.2) is 0 Å². The molecule has 0 unspecified atom stereocenters. The molecule has 6 aromatic carbocycles. The van der Waals surface area contributed by atoms with Crippen LogP contribution in [0.4, 0.5) is 0 Å². The van der Waals surface area contributed by atoms with Crippen molar-refractivity contribution in [1.29, 1.82) is 0 Å². The van der Waals surface area contributed by atoms with Crippen molar-refractivity contribution in [3.63, 3.8) is 0 Å². The summed E-state index contributed by atoms with van der Waals surface area (Å²) in [6, 6.07) is 41.7. The van der Waals surface area contributed by atoms with E-state index in [0.717, 1.165) is 27.6 Å². The van der Waals surface area contributed by atoms with Gasteiger partial charge in [-0.05, 0) is 65.4 Å². The fourth-order valence-corrected chi connectivity index (χ4v) is 7.18. The van der Waals surface area contributed by atoms with E-state index in [1.165, 1.54) is 52.8 Å². The standard InChI is InChI=1S/C34H19NOS/c1-2-8-21-16-32-26(15-20(21)7-1)27-17-22(13-14-31(27)36-32)35-29-11-5-3-9-23(29)25-18-28-24-10-4-6-12-33(24)37-34(28)19-30(25)35/h1-19H. The molecule has 3 aromatic heterocycles. The van der Waals surface area contributed by atoms with Gasteiger partial charge in [0.1, 0.15) is 11.2 Å². The Balaban J connectivity index is 1.39. The fourth-order valence-electron chi connectivity index (χ4n) is 6.05. The molecule has 0 aliphatic rings. The molecule has 9 aromatic rings. The summed E-state index contributed by atoms with van der Waals surface area (Å²) in [6.45, 7) is 0. The van der Waals surface area contributed by atoms with Crippen LogP contribution in [0.1, 0.15) is 0 Å². The highest BCUT2D eigenvalue weighted by atomic mass is 32.1. The zero-order valence-electron chi connectivity index (χ0n) is 19.7. The second-order valence-corrected chi connectivity index (χ2v) is 10.9. The SMILES string of the molecule is c1ccc2cc3c(cc2c1)oc1ccc(-n2c4ccccc4c4cc5c(cc42)sc2ccccc25)cc13. The normalized spacial score (nSPS) is 12.3. The van der Waals surface area contributed by atoms with Gasteiger partial charge in [-0.15, -0.1) is 11.3 Å². The number of benzene rings is 6. The van der Waals surface area contributed by atoms with Crippen molar-refractivity contribution in [2.75, 3.05) is 0 Å². The molecule has 37 heavy (non-hydrogen) atoms. The Kier molecular flexibility index (Phi) is 3.70. The Morgan fingerprint density at radius 3 is 2.14 bits per heavy atom. The molecule has 172 valence electrons. The second-order valence-electron chi connectivity index (χ2n) is 9.79. The van der Waals surface area contributed by atoms with Crippen LogP contribution < -0.4 is 0 Å². The Labute approximate surface area is 215 Å². The van der Waals surface area contributed by atoms with Gasteiger partial charge in [-0.2, -0.15) is 0 Å². The highest BCUT2D eigenvalue weighted by molar-refractivity contribution is 7.25. The molecule has 0 spiro atoms. The van der Waals surface area contributed by atoms with E-state index in [2.05, 4.69) is 120 Å². The average molecular weight is 490 g/mol. The van der Waals surface area contributed by atoms with Crippen molar-refractivity contribution < 1.29 is 4.42 Å². The average Bonchev–Trinajstić information content (AvgIpc) is 3.59. The molecule has 2 nitrogen and oxygen atoms in total. The van der Waals surface area contributed by atoms with Gasteiger partial charge < -0.3 is 8.98 Å². The van der Waals surface area contributed by atoms with E-state index in [-0.39, 0.29) is 0 Å². The number of hydrogen-bond donors (Lipinski definition) is 0. The molecule has 0 radical (unpaired) electrons. The number of aromatic nitrogens is 1. The van der Waals surface area contributed by atoms with Gasteiger partial charge in [-0.1, -0.05) is 60.7 Å². The molecule has 0 bridgehead atoms. The third-order valence-corrected chi connectivity index (χ3v) is 8.88. The van der Waals surface area contributed by atoms with E-state index < -0.39 is 0 Å². The molecule has 0 saturated carbocycles. The summed E-state index contributed by atoms with van der Waals surface area (Å²) in [5.41, 5.74) is 5.45. The van der Waals surface area contributed by atoms with E-state index in [9.17, 15) is 0 Å². The first-order valence-electron chi connectivity index (χ1n) is 12.5. The third-order valence-electron chi connectivity index (χ3n) is 7.75. The summed E-state index contributed by atoms with van der Waals surface area (Å²) in [4.78, 5) is 0. The maximum atomic E-state index is 6.29. The quantitative estimate of drug-likeness (QED) is 0.224. The minimum atomic E-state index is 0.918. The number of furan rings is 1. The zero-order chi connectivity index (χ0) is 24.1. The van der Waals surface area contributed by atoms with Crippen LogP contribution in [0.5, 0.6) is 0 Å². The minimum Gasteiger partial charge on any atom is -0.456 e. The predicted molar refractivity (Wildman–Crippen MR) is 158 cm³/mol. The van der Waals surface area contributed by atoms with Crippen molar-refractivity contribution in [2.45, 2.75) is 0 Å². The topological polar surface area (TPSA) is 18.1 Å². The Morgan fingerprint density at radius 1 is 0.459 bits per heavy atom. The first kappa shape index (κ1) is 19.6. The van der Waals surface area contributed by atoms with Gasteiger partial charge in [0.25, 0.3) is 0 Å². The van der Waals surface area contributed by atoms with Crippen molar-refractivity contribution in [2.24, 2.45) is 0 Å². The molecular weight excluding hydrogens is 470 g/mol. The summed E-state index contributed by atoms with van der Waals surface area (Å²) in [6.07, 6.45) is 0. The van der Waals surface area contributed by atoms with Crippen LogP contribution in [0.2, 0.25) is 0 Å². The number of thiophene rings is 1. The highest BCUT2D eigenvalue weighted by Gasteiger charge is 2.17. The smallest absolute Gasteiger partial charge is 0.136 e. The van der Waals surface area contributed by atoms with Crippen LogP contribution in [0.3, 0.4) is 0 Å². The van der Waals surface area contributed by atoms with E-state index in [4.69, 9.17) is 4.42 Å². The summed E-state index contributed by atoms with van der Waals surface area (Å²) < 4.78 is 11.4. The number of rotatable bonds is 1. The number of fused-ring (bicyclic) bond motifs is 10. The molecule has 0 atom stereocenters. The summed E-state index contributed by atoms with van der Waals surface area (Å²) in [5, 5.41) is 9.96. The summed E-state index contributed by atoms with van der Waals surface area (Å²) in [7, 11) is 0. The van der Waals surface area contributed by atoms with Crippen molar-refractivity contribution >= 4 is 86.0 Å². The largest absolute Gasteiger partial charge is 0.456 e. The molecule has 3 heteroatoms. The maximum absolute atomic E-state index is 6.29. The van der Waals surface area contributed by atoms with Gasteiger partial charge in [-0.3, -0.25) is 0 Å². The molecule has 0 aliphatic carbocycles. The van der Waals surface area contributed by atoms with E-state index in [0.29, 0.717) is 0 Å². The van der Waals surface area contributed by atoms with Gasteiger partial charge >= 0.3 is 0 Å². The Bertz CT molecular complexity index is 2370. The molecule has 3 heterocycles. The van der Waals surface area contributed by atoms with Crippen LogP contribution in [0.25, 0.3) is 80.4 Å². The molecular formula is C34H19NOS. The second kappa shape index (κ2) is 7.00.